The molecule has 0 spiro atoms. The smallest absolute Gasteiger partial charge is 0.0252 e. The van der Waals surface area contributed by atoms with E-state index in [4.69, 9.17) is 0 Å². The Bertz CT molecular complexity index is 203. The molecule has 0 aliphatic carbocycles. The molecule has 0 radical (unpaired) electrons. The molecule has 16 heavy (non-hydrogen) atoms. The Morgan fingerprint density at radius 1 is 1.25 bits per heavy atom. The molecule has 1 atom stereocenters. The molecule has 96 valence electrons. The maximum atomic E-state index is 3.55. The first-order chi connectivity index (χ1) is 7.48. The minimum absolute atomic E-state index is 0.239. The molecule has 1 aliphatic heterocycles. The van der Waals surface area contributed by atoms with Gasteiger partial charge in [-0.25, -0.2) is 0 Å². The van der Waals surface area contributed by atoms with Gasteiger partial charge >= 0.3 is 0 Å². The monoisotopic (exact) mass is 227 g/mol. The summed E-state index contributed by atoms with van der Waals surface area (Å²) in [7, 11) is 0. The Kier molecular flexibility index (Phi) is 5.22. The zero-order chi connectivity index (χ0) is 12.2. The zero-order valence-electron chi connectivity index (χ0n) is 11.7. The van der Waals surface area contributed by atoms with Gasteiger partial charge in [0.2, 0.25) is 0 Å². The summed E-state index contributed by atoms with van der Waals surface area (Å²) in [6.07, 6.45) is 0. The van der Waals surface area contributed by atoms with Gasteiger partial charge in [0.15, 0.2) is 0 Å². The SMILES string of the molecule is CCNC(C)(C)CN1CCN(CC)C(C)C1. The second kappa shape index (κ2) is 5.99. The van der Waals surface area contributed by atoms with Gasteiger partial charge < -0.3 is 5.32 Å². The van der Waals surface area contributed by atoms with Gasteiger partial charge in [0, 0.05) is 37.8 Å². The Morgan fingerprint density at radius 2 is 1.94 bits per heavy atom. The lowest BCUT2D eigenvalue weighted by Crippen LogP contribution is -2.57. The molecule has 0 amide bonds. The maximum Gasteiger partial charge on any atom is 0.0252 e. The molecule has 1 heterocycles. The molecule has 0 aromatic carbocycles. The summed E-state index contributed by atoms with van der Waals surface area (Å²) in [6, 6.07) is 0.705. The van der Waals surface area contributed by atoms with Crippen molar-refractivity contribution in [2.45, 2.75) is 46.2 Å². The summed E-state index contributed by atoms with van der Waals surface area (Å²) in [5, 5.41) is 3.55. The van der Waals surface area contributed by atoms with E-state index in [2.05, 4.69) is 49.7 Å². The van der Waals surface area contributed by atoms with Crippen molar-refractivity contribution in [2.24, 2.45) is 0 Å². The van der Waals surface area contributed by atoms with Crippen LogP contribution in [0.1, 0.15) is 34.6 Å². The third kappa shape index (κ3) is 4.04. The van der Waals surface area contributed by atoms with Crippen LogP contribution < -0.4 is 5.32 Å². The summed E-state index contributed by atoms with van der Waals surface area (Å²) >= 11 is 0. The van der Waals surface area contributed by atoms with Crippen LogP contribution in [0, 0.1) is 0 Å². The van der Waals surface area contributed by atoms with Crippen LogP contribution in [-0.2, 0) is 0 Å². The quantitative estimate of drug-likeness (QED) is 0.766. The lowest BCUT2D eigenvalue weighted by molar-refractivity contribution is 0.0713. The molecular weight excluding hydrogens is 198 g/mol. The highest BCUT2D eigenvalue weighted by Gasteiger charge is 2.26. The van der Waals surface area contributed by atoms with E-state index in [1.807, 2.05) is 0 Å². The van der Waals surface area contributed by atoms with E-state index in [1.165, 1.54) is 26.2 Å². The Labute approximate surface area is 101 Å². The van der Waals surface area contributed by atoms with Crippen molar-refractivity contribution >= 4 is 0 Å². The van der Waals surface area contributed by atoms with Crippen molar-refractivity contribution in [3.05, 3.63) is 0 Å². The number of piperazine rings is 1. The first-order valence-electron chi connectivity index (χ1n) is 6.70. The molecule has 1 unspecified atom stereocenters. The summed E-state index contributed by atoms with van der Waals surface area (Å²) in [6.45, 7) is 18.4. The fraction of sp³-hybridized carbons (Fsp3) is 1.00. The predicted octanol–water partition coefficient (Wildman–Crippen LogP) is 1.40. The molecule has 0 aromatic rings. The maximum absolute atomic E-state index is 3.55. The normalized spacial score (nSPS) is 24.9. The number of nitrogens with one attached hydrogen (secondary N) is 1. The number of hydrogen-bond acceptors (Lipinski definition) is 3. The Balaban J connectivity index is 2.40. The first kappa shape index (κ1) is 13.9. The van der Waals surface area contributed by atoms with E-state index in [-0.39, 0.29) is 5.54 Å². The fourth-order valence-electron chi connectivity index (χ4n) is 2.78. The second-order valence-corrected chi connectivity index (χ2v) is 5.63. The molecule has 0 bridgehead atoms. The van der Waals surface area contributed by atoms with Crippen LogP contribution >= 0.6 is 0 Å². The largest absolute Gasteiger partial charge is 0.311 e. The second-order valence-electron chi connectivity index (χ2n) is 5.63. The van der Waals surface area contributed by atoms with Crippen LogP contribution in [0.5, 0.6) is 0 Å². The number of hydrogen-bond donors (Lipinski definition) is 1. The standard InChI is InChI=1S/C13H29N3/c1-6-14-13(4,5)11-15-8-9-16(7-2)12(3)10-15/h12,14H,6-11H2,1-5H3. The number of rotatable bonds is 5. The first-order valence-corrected chi connectivity index (χ1v) is 6.70. The van der Waals surface area contributed by atoms with Crippen molar-refractivity contribution in [1.82, 2.24) is 15.1 Å². The van der Waals surface area contributed by atoms with Gasteiger partial charge in [0.1, 0.15) is 0 Å². The average Bonchev–Trinajstić information content (AvgIpc) is 2.17. The van der Waals surface area contributed by atoms with Crippen LogP contribution in [0.25, 0.3) is 0 Å². The molecule has 1 rings (SSSR count). The van der Waals surface area contributed by atoms with Crippen molar-refractivity contribution in [3.63, 3.8) is 0 Å². The van der Waals surface area contributed by atoms with Gasteiger partial charge in [-0.2, -0.15) is 0 Å². The van der Waals surface area contributed by atoms with E-state index >= 15 is 0 Å². The predicted molar refractivity (Wildman–Crippen MR) is 70.9 cm³/mol. The fourth-order valence-corrected chi connectivity index (χ4v) is 2.78. The van der Waals surface area contributed by atoms with Crippen molar-refractivity contribution < 1.29 is 0 Å². The summed E-state index contributed by atoms with van der Waals surface area (Å²) in [4.78, 5) is 5.16. The van der Waals surface area contributed by atoms with Crippen molar-refractivity contribution in [2.75, 3.05) is 39.3 Å². The summed E-state index contributed by atoms with van der Waals surface area (Å²) < 4.78 is 0. The van der Waals surface area contributed by atoms with E-state index < -0.39 is 0 Å². The highest BCUT2D eigenvalue weighted by molar-refractivity contribution is 4.86. The van der Waals surface area contributed by atoms with Gasteiger partial charge in [-0.15, -0.1) is 0 Å². The van der Waals surface area contributed by atoms with Crippen LogP contribution in [0.3, 0.4) is 0 Å². The third-order valence-electron chi connectivity index (χ3n) is 3.53. The van der Waals surface area contributed by atoms with Crippen LogP contribution in [-0.4, -0.2) is 60.6 Å². The van der Waals surface area contributed by atoms with E-state index in [1.54, 1.807) is 0 Å². The molecule has 0 aromatic heterocycles. The van der Waals surface area contributed by atoms with Crippen LogP contribution in [0.15, 0.2) is 0 Å². The van der Waals surface area contributed by atoms with Gasteiger partial charge in [0.05, 0.1) is 0 Å². The summed E-state index contributed by atoms with van der Waals surface area (Å²) in [5.41, 5.74) is 0.239. The van der Waals surface area contributed by atoms with Crippen LogP contribution in [0.2, 0.25) is 0 Å². The molecule has 1 N–H and O–H groups in total. The van der Waals surface area contributed by atoms with E-state index in [9.17, 15) is 0 Å². The minimum atomic E-state index is 0.239. The van der Waals surface area contributed by atoms with Gasteiger partial charge in [-0.3, -0.25) is 9.80 Å². The molecule has 1 fully saturated rings. The highest BCUT2D eigenvalue weighted by atomic mass is 15.3. The molecule has 3 nitrogen and oxygen atoms in total. The molecule has 0 saturated carbocycles. The number of likely N-dealkylation sites (N-methyl/N-ethyl adjacent to an activating group) is 2. The van der Waals surface area contributed by atoms with Gasteiger partial charge in [-0.1, -0.05) is 13.8 Å². The lowest BCUT2D eigenvalue weighted by Gasteiger charge is -2.42. The Morgan fingerprint density at radius 3 is 2.44 bits per heavy atom. The topological polar surface area (TPSA) is 18.5 Å². The zero-order valence-corrected chi connectivity index (χ0v) is 11.7. The lowest BCUT2D eigenvalue weighted by atomic mass is 10.0. The van der Waals surface area contributed by atoms with E-state index in [0.717, 1.165) is 13.1 Å². The summed E-state index contributed by atoms with van der Waals surface area (Å²) in [5.74, 6) is 0. The minimum Gasteiger partial charge on any atom is -0.311 e. The van der Waals surface area contributed by atoms with Gasteiger partial charge in [0.25, 0.3) is 0 Å². The van der Waals surface area contributed by atoms with Crippen LogP contribution in [0.4, 0.5) is 0 Å². The average molecular weight is 227 g/mol. The molecule has 1 saturated heterocycles. The van der Waals surface area contributed by atoms with E-state index in [0.29, 0.717) is 6.04 Å². The van der Waals surface area contributed by atoms with Crippen molar-refractivity contribution in [3.8, 4) is 0 Å². The van der Waals surface area contributed by atoms with Gasteiger partial charge in [-0.05, 0) is 33.9 Å². The molecule has 3 heteroatoms. The number of nitrogens with zero attached hydrogens (tertiary/aromatic N) is 2. The molecule has 1 aliphatic rings. The van der Waals surface area contributed by atoms with Crippen molar-refractivity contribution in [1.29, 1.82) is 0 Å². The highest BCUT2D eigenvalue weighted by Crippen LogP contribution is 2.12. The third-order valence-corrected chi connectivity index (χ3v) is 3.53. The Hall–Kier alpha value is -0.120. The molecular formula is C13H29N3.